The number of hydrogen-bond acceptors (Lipinski definition) is 5. The van der Waals surface area contributed by atoms with E-state index in [0.717, 1.165) is 4.90 Å². The number of aromatic hydroxyl groups is 1. The highest BCUT2D eigenvalue weighted by Gasteiger charge is 2.22. The van der Waals surface area contributed by atoms with E-state index in [-0.39, 0.29) is 17.0 Å². The largest absolute Gasteiger partial charge is 0.506 e. The van der Waals surface area contributed by atoms with Crippen LogP contribution in [-0.2, 0) is 4.84 Å². The molecule has 7 nitrogen and oxygen atoms in total. The molecule has 3 rings (SSSR count). The average molecular weight is 442 g/mol. The van der Waals surface area contributed by atoms with Gasteiger partial charge < -0.3 is 15.7 Å². The number of urea groups is 1. The summed E-state index contributed by atoms with van der Waals surface area (Å²) in [6.45, 7) is 0. The van der Waals surface area contributed by atoms with E-state index in [1.165, 1.54) is 18.2 Å². The second-order valence-electron chi connectivity index (χ2n) is 5.69. The van der Waals surface area contributed by atoms with E-state index in [0.29, 0.717) is 15.8 Å². The molecule has 3 aromatic carbocycles. The molecule has 0 unspecified atom stereocenters. The zero-order chi connectivity index (χ0) is 20.1. The van der Waals surface area contributed by atoms with Gasteiger partial charge in [-0.2, -0.15) is 0 Å². The number of primary amides is 1. The maximum absolute atomic E-state index is 12.2. The van der Waals surface area contributed by atoms with Crippen molar-refractivity contribution in [2.45, 2.75) is 0 Å². The maximum atomic E-state index is 12.2. The minimum atomic E-state index is -0.789. The van der Waals surface area contributed by atoms with E-state index in [1.54, 1.807) is 48.5 Å². The first-order chi connectivity index (χ1) is 13.5. The Labute approximate surface area is 169 Å². The smallest absolute Gasteiger partial charge is 0.362 e. The van der Waals surface area contributed by atoms with Gasteiger partial charge in [0.05, 0.1) is 22.6 Å². The number of nitrogens with zero attached hydrogens (tertiary/aromatic N) is 1. The van der Waals surface area contributed by atoms with Crippen LogP contribution in [0.4, 0.5) is 21.9 Å². The summed E-state index contributed by atoms with van der Waals surface area (Å²) < 4.78 is 0.615. The first-order valence-corrected chi connectivity index (χ1v) is 8.96. The van der Waals surface area contributed by atoms with Crippen molar-refractivity contribution >= 4 is 45.0 Å². The van der Waals surface area contributed by atoms with Crippen LogP contribution >= 0.6 is 15.9 Å². The van der Waals surface area contributed by atoms with Crippen LogP contribution in [-0.4, -0.2) is 17.1 Å². The number of nitrogens with one attached hydrogen (secondary N) is 1. The summed E-state index contributed by atoms with van der Waals surface area (Å²) in [5.41, 5.74) is 9.31. The Hall–Kier alpha value is -3.52. The summed E-state index contributed by atoms with van der Waals surface area (Å²) in [7, 11) is 0. The third kappa shape index (κ3) is 4.24. The van der Waals surface area contributed by atoms with Crippen LogP contribution in [0.2, 0.25) is 0 Å². The number of para-hydroxylation sites is 2. The van der Waals surface area contributed by atoms with E-state index in [4.69, 9.17) is 10.6 Å². The van der Waals surface area contributed by atoms with Crippen molar-refractivity contribution in [3.8, 4) is 5.75 Å². The summed E-state index contributed by atoms with van der Waals surface area (Å²) in [6.07, 6.45) is 0. The Morgan fingerprint density at radius 3 is 2.29 bits per heavy atom. The number of anilines is 3. The highest BCUT2D eigenvalue weighted by atomic mass is 79.9. The molecule has 0 aliphatic rings. The lowest BCUT2D eigenvalue weighted by atomic mass is 10.1. The number of rotatable bonds is 5. The average Bonchev–Trinajstić information content (AvgIpc) is 2.69. The lowest BCUT2D eigenvalue weighted by molar-refractivity contribution is 0.0596. The third-order valence-electron chi connectivity index (χ3n) is 3.80. The summed E-state index contributed by atoms with van der Waals surface area (Å²) in [6, 6.07) is 19.1. The highest BCUT2D eigenvalue weighted by Crippen LogP contribution is 2.37. The third-order valence-corrected chi connectivity index (χ3v) is 4.47. The number of amides is 2. The Morgan fingerprint density at radius 2 is 1.64 bits per heavy atom. The van der Waals surface area contributed by atoms with Crippen molar-refractivity contribution in [3.05, 3.63) is 82.8 Å². The number of carbonyl (C=O) groups is 2. The molecule has 0 saturated heterocycles. The van der Waals surface area contributed by atoms with Crippen LogP contribution in [0.5, 0.6) is 5.75 Å². The van der Waals surface area contributed by atoms with Crippen LogP contribution in [0.15, 0.2) is 77.3 Å². The first-order valence-electron chi connectivity index (χ1n) is 8.16. The molecule has 0 radical (unpaired) electrons. The molecule has 2 amide bonds. The summed E-state index contributed by atoms with van der Waals surface area (Å²) in [4.78, 5) is 30.3. The predicted molar refractivity (Wildman–Crippen MR) is 109 cm³/mol. The molecule has 142 valence electrons. The van der Waals surface area contributed by atoms with E-state index in [2.05, 4.69) is 21.4 Å². The normalized spacial score (nSPS) is 10.2. The quantitative estimate of drug-likeness (QED) is 0.503. The van der Waals surface area contributed by atoms with Gasteiger partial charge in [0.15, 0.2) is 0 Å². The fourth-order valence-electron chi connectivity index (χ4n) is 2.51. The van der Waals surface area contributed by atoms with Gasteiger partial charge in [-0.05, 0) is 58.4 Å². The molecular formula is C20H16BrN3O4. The standard InChI is InChI=1S/C20H16BrN3O4/c21-15-8-4-5-9-16(15)24(20(22)27)17-11-10-13(12-18(17)25)19(26)28-23-14-6-2-1-3-7-14/h1-12,23,25H,(H2,22,27). The van der Waals surface area contributed by atoms with Gasteiger partial charge in [0.25, 0.3) is 0 Å². The van der Waals surface area contributed by atoms with E-state index in [9.17, 15) is 14.7 Å². The van der Waals surface area contributed by atoms with Crippen molar-refractivity contribution in [1.29, 1.82) is 0 Å². The van der Waals surface area contributed by atoms with Crippen LogP contribution in [0, 0.1) is 0 Å². The molecule has 3 aromatic rings. The maximum Gasteiger partial charge on any atom is 0.362 e. The van der Waals surface area contributed by atoms with E-state index in [1.807, 2.05) is 6.07 Å². The van der Waals surface area contributed by atoms with Gasteiger partial charge in [-0.15, -0.1) is 0 Å². The molecule has 0 aromatic heterocycles. The molecule has 8 heteroatoms. The summed E-state index contributed by atoms with van der Waals surface area (Å²) >= 11 is 3.35. The zero-order valence-electron chi connectivity index (χ0n) is 14.5. The summed E-state index contributed by atoms with van der Waals surface area (Å²) in [5.74, 6) is -0.999. The molecule has 0 aliphatic carbocycles. The minimum absolute atomic E-state index is 0.0984. The topological polar surface area (TPSA) is 105 Å². The number of phenols is 1. The Bertz CT molecular complexity index is 1010. The van der Waals surface area contributed by atoms with Gasteiger partial charge in [-0.25, -0.2) is 15.1 Å². The van der Waals surface area contributed by atoms with E-state index >= 15 is 0 Å². The second-order valence-corrected chi connectivity index (χ2v) is 6.54. The van der Waals surface area contributed by atoms with Gasteiger partial charge in [0.1, 0.15) is 5.75 Å². The number of benzene rings is 3. The molecule has 0 aliphatic heterocycles. The van der Waals surface area contributed by atoms with Gasteiger partial charge in [0, 0.05) is 4.47 Å². The molecule has 0 saturated carbocycles. The minimum Gasteiger partial charge on any atom is -0.506 e. The predicted octanol–water partition coefficient (Wildman–Crippen LogP) is 4.56. The van der Waals surface area contributed by atoms with Gasteiger partial charge in [0.2, 0.25) is 0 Å². The van der Waals surface area contributed by atoms with Crippen molar-refractivity contribution in [1.82, 2.24) is 0 Å². The molecule has 4 N–H and O–H groups in total. The number of carbonyl (C=O) groups excluding carboxylic acids is 2. The lowest BCUT2D eigenvalue weighted by Gasteiger charge is -2.23. The first kappa shape index (κ1) is 19.2. The van der Waals surface area contributed by atoms with Crippen molar-refractivity contribution in [2.24, 2.45) is 5.73 Å². The number of nitrogens with two attached hydrogens (primary N) is 1. The SMILES string of the molecule is NC(=O)N(c1ccc(C(=O)ONc2ccccc2)cc1O)c1ccccc1Br. The van der Waals surface area contributed by atoms with Crippen LogP contribution in [0.3, 0.4) is 0 Å². The Morgan fingerprint density at radius 1 is 0.964 bits per heavy atom. The highest BCUT2D eigenvalue weighted by molar-refractivity contribution is 9.10. The van der Waals surface area contributed by atoms with Gasteiger partial charge in [-0.1, -0.05) is 30.3 Å². The van der Waals surface area contributed by atoms with Gasteiger partial charge >= 0.3 is 12.0 Å². The van der Waals surface area contributed by atoms with Gasteiger partial charge in [-0.3, -0.25) is 4.90 Å². The molecule has 0 fully saturated rings. The van der Waals surface area contributed by atoms with Crippen LogP contribution < -0.4 is 16.1 Å². The van der Waals surface area contributed by atoms with Crippen LogP contribution in [0.1, 0.15) is 10.4 Å². The number of phenolic OH excluding ortho intramolecular Hbond substituents is 1. The monoisotopic (exact) mass is 441 g/mol. The van der Waals surface area contributed by atoms with E-state index < -0.39 is 12.0 Å². The van der Waals surface area contributed by atoms with Crippen molar-refractivity contribution < 1.29 is 19.5 Å². The molecule has 0 bridgehead atoms. The Kier molecular flexibility index (Phi) is 5.81. The summed E-state index contributed by atoms with van der Waals surface area (Å²) in [5, 5.41) is 10.4. The zero-order valence-corrected chi connectivity index (χ0v) is 16.1. The van der Waals surface area contributed by atoms with Crippen molar-refractivity contribution in [3.63, 3.8) is 0 Å². The molecule has 28 heavy (non-hydrogen) atoms. The molecular weight excluding hydrogens is 426 g/mol. The fourth-order valence-corrected chi connectivity index (χ4v) is 2.97. The number of halogens is 1. The van der Waals surface area contributed by atoms with Crippen molar-refractivity contribution in [2.75, 3.05) is 10.4 Å². The molecule has 0 atom stereocenters. The number of hydrogen-bond donors (Lipinski definition) is 3. The molecule has 0 heterocycles. The van der Waals surface area contributed by atoms with Crippen LogP contribution in [0.25, 0.3) is 0 Å². The Balaban J connectivity index is 1.83. The lowest BCUT2D eigenvalue weighted by Crippen LogP contribution is -2.31. The second kappa shape index (κ2) is 8.45. The molecule has 0 spiro atoms. The fraction of sp³-hybridized carbons (Fsp3) is 0.